The Balaban J connectivity index is 2.23. The van der Waals surface area contributed by atoms with Crippen molar-refractivity contribution in [2.75, 3.05) is 11.9 Å². The quantitative estimate of drug-likeness (QED) is 0.804. The van der Waals surface area contributed by atoms with Gasteiger partial charge in [-0.3, -0.25) is 4.79 Å². The van der Waals surface area contributed by atoms with Gasteiger partial charge in [-0.2, -0.15) is 5.10 Å². The molecule has 0 unspecified atom stereocenters. The normalized spacial score (nSPS) is 9.50. The molecule has 0 saturated heterocycles. The molecule has 1 heterocycles. The number of aryl methyl sites for hydroxylation is 1. The van der Waals surface area contributed by atoms with Crippen LogP contribution in [0.2, 0.25) is 0 Å². The van der Waals surface area contributed by atoms with Gasteiger partial charge in [0.1, 0.15) is 0 Å². The monoisotopic (exact) mass is 266 g/mol. The molecule has 2 aromatic rings. The van der Waals surface area contributed by atoms with E-state index < -0.39 is 0 Å². The molecule has 1 aromatic carbocycles. The minimum absolute atomic E-state index is 0.245. The number of nitrogens with one attached hydrogen (secondary N) is 1. The summed E-state index contributed by atoms with van der Waals surface area (Å²) in [5.41, 5.74) is 7.59. The summed E-state index contributed by atoms with van der Waals surface area (Å²) in [6.07, 6.45) is 1.54. The van der Waals surface area contributed by atoms with E-state index >= 15 is 0 Å². The van der Waals surface area contributed by atoms with Crippen molar-refractivity contribution in [1.29, 1.82) is 0 Å². The van der Waals surface area contributed by atoms with E-state index in [0.717, 1.165) is 11.1 Å². The summed E-state index contributed by atoms with van der Waals surface area (Å²) in [5, 5.41) is 10.2. The summed E-state index contributed by atoms with van der Waals surface area (Å²) in [6.45, 7) is 2.20. The summed E-state index contributed by atoms with van der Waals surface area (Å²) in [7, 11) is 0. The molecular weight excluding hydrogens is 252 g/mol. The molecule has 0 bridgehead atoms. The second-order valence-corrected chi connectivity index (χ2v) is 4.16. The minimum atomic E-state index is -0.245. The molecular formula is C15H14N4O. The molecule has 100 valence electrons. The highest BCUT2D eigenvalue weighted by Gasteiger charge is 2.08. The van der Waals surface area contributed by atoms with E-state index in [1.54, 1.807) is 30.5 Å². The lowest BCUT2D eigenvalue weighted by molar-refractivity contribution is 0.102. The molecule has 2 rings (SSSR count). The number of nitrogens with two attached hydrogens (primary N) is 1. The lowest BCUT2D eigenvalue weighted by Gasteiger charge is -2.05. The predicted molar refractivity (Wildman–Crippen MR) is 77.1 cm³/mol. The van der Waals surface area contributed by atoms with Crippen LogP contribution in [-0.4, -0.2) is 22.6 Å². The fraction of sp³-hybridized carbons (Fsp3) is 0.133. The van der Waals surface area contributed by atoms with Crippen molar-refractivity contribution >= 4 is 11.7 Å². The average molecular weight is 266 g/mol. The summed E-state index contributed by atoms with van der Waals surface area (Å²) < 4.78 is 0. The SMILES string of the molecule is Cc1cc(C#CCN)cc(C(=O)Nc2cccnn2)c1. The molecule has 3 N–H and O–H groups in total. The second kappa shape index (κ2) is 6.45. The van der Waals surface area contributed by atoms with Gasteiger partial charge < -0.3 is 11.1 Å². The Morgan fingerprint density at radius 2 is 2.25 bits per heavy atom. The molecule has 0 aliphatic carbocycles. The van der Waals surface area contributed by atoms with Gasteiger partial charge in [0.05, 0.1) is 6.54 Å². The molecule has 1 aromatic heterocycles. The third-order valence-electron chi connectivity index (χ3n) is 2.49. The number of hydrogen-bond donors (Lipinski definition) is 2. The molecule has 0 saturated carbocycles. The third kappa shape index (κ3) is 3.64. The Morgan fingerprint density at radius 3 is 2.95 bits per heavy atom. The number of rotatable bonds is 2. The number of nitrogens with zero attached hydrogens (tertiary/aromatic N) is 2. The molecule has 0 aliphatic rings. The van der Waals surface area contributed by atoms with Gasteiger partial charge in [0.2, 0.25) is 0 Å². The molecule has 0 spiro atoms. The van der Waals surface area contributed by atoms with Gasteiger partial charge in [-0.1, -0.05) is 11.8 Å². The van der Waals surface area contributed by atoms with Crippen molar-refractivity contribution in [3.05, 3.63) is 53.2 Å². The summed E-state index contributed by atoms with van der Waals surface area (Å²) in [4.78, 5) is 12.1. The summed E-state index contributed by atoms with van der Waals surface area (Å²) in [6, 6.07) is 8.80. The van der Waals surface area contributed by atoms with Crippen LogP contribution in [0.4, 0.5) is 5.82 Å². The maximum Gasteiger partial charge on any atom is 0.256 e. The van der Waals surface area contributed by atoms with Gasteiger partial charge in [-0.05, 0) is 42.8 Å². The van der Waals surface area contributed by atoms with Gasteiger partial charge >= 0.3 is 0 Å². The van der Waals surface area contributed by atoms with Crippen LogP contribution in [0.3, 0.4) is 0 Å². The fourth-order valence-corrected chi connectivity index (χ4v) is 1.70. The summed E-state index contributed by atoms with van der Waals surface area (Å²) >= 11 is 0. The van der Waals surface area contributed by atoms with E-state index in [9.17, 15) is 4.79 Å². The van der Waals surface area contributed by atoms with Gasteiger partial charge in [-0.15, -0.1) is 5.10 Å². The number of carbonyl (C=O) groups excluding carboxylic acids is 1. The number of aromatic nitrogens is 2. The van der Waals surface area contributed by atoms with Gasteiger partial charge in [-0.25, -0.2) is 0 Å². The zero-order valence-corrected chi connectivity index (χ0v) is 11.1. The maximum absolute atomic E-state index is 12.1. The molecule has 0 fully saturated rings. The van der Waals surface area contributed by atoms with Crippen molar-refractivity contribution in [2.45, 2.75) is 6.92 Å². The number of benzene rings is 1. The molecule has 0 radical (unpaired) electrons. The lowest BCUT2D eigenvalue weighted by atomic mass is 10.1. The van der Waals surface area contributed by atoms with E-state index in [0.29, 0.717) is 11.4 Å². The Hall–Kier alpha value is -2.71. The molecule has 5 nitrogen and oxygen atoms in total. The van der Waals surface area contributed by atoms with Crippen LogP contribution < -0.4 is 11.1 Å². The topological polar surface area (TPSA) is 80.9 Å². The van der Waals surface area contributed by atoms with Crippen molar-refractivity contribution in [2.24, 2.45) is 5.73 Å². The fourth-order valence-electron chi connectivity index (χ4n) is 1.70. The Kier molecular flexibility index (Phi) is 4.43. The number of carbonyl (C=O) groups is 1. The zero-order chi connectivity index (χ0) is 14.4. The van der Waals surface area contributed by atoms with Crippen LogP contribution in [0.15, 0.2) is 36.5 Å². The van der Waals surface area contributed by atoms with E-state index in [2.05, 4.69) is 27.4 Å². The first-order chi connectivity index (χ1) is 9.69. The lowest BCUT2D eigenvalue weighted by Crippen LogP contribution is -2.13. The highest BCUT2D eigenvalue weighted by atomic mass is 16.1. The van der Waals surface area contributed by atoms with E-state index in [-0.39, 0.29) is 12.5 Å². The smallest absolute Gasteiger partial charge is 0.256 e. The number of hydrogen-bond acceptors (Lipinski definition) is 4. The Labute approximate surface area is 117 Å². The first-order valence-corrected chi connectivity index (χ1v) is 6.09. The second-order valence-electron chi connectivity index (χ2n) is 4.16. The standard InChI is InChI=1S/C15H14N4O/c1-11-8-12(4-2-6-16)10-13(9-11)15(20)18-14-5-3-7-17-19-14/h3,5,7-10H,6,16H2,1H3,(H,18,19,20). The van der Waals surface area contributed by atoms with Crippen molar-refractivity contribution in [1.82, 2.24) is 10.2 Å². The summed E-state index contributed by atoms with van der Waals surface area (Å²) in [5.74, 6) is 5.86. The molecule has 5 heteroatoms. The number of amides is 1. The van der Waals surface area contributed by atoms with Crippen LogP contribution in [0.5, 0.6) is 0 Å². The number of anilines is 1. The van der Waals surface area contributed by atoms with E-state index in [4.69, 9.17) is 5.73 Å². The van der Waals surface area contributed by atoms with Crippen LogP contribution in [-0.2, 0) is 0 Å². The van der Waals surface area contributed by atoms with Crippen LogP contribution in [0.1, 0.15) is 21.5 Å². The molecule has 1 amide bonds. The predicted octanol–water partition coefficient (Wildman–Crippen LogP) is 1.35. The molecule has 20 heavy (non-hydrogen) atoms. The first-order valence-electron chi connectivity index (χ1n) is 6.09. The van der Waals surface area contributed by atoms with Gasteiger partial charge in [0.15, 0.2) is 5.82 Å². The van der Waals surface area contributed by atoms with E-state index in [1.807, 2.05) is 13.0 Å². The van der Waals surface area contributed by atoms with Gasteiger partial charge in [0, 0.05) is 17.3 Å². The molecule has 0 aliphatic heterocycles. The third-order valence-corrected chi connectivity index (χ3v) is 2.49. The van der Waals surface area contributed by atoms with Crippen LogP contribution in [0.25, 0.3) is 0 Å². The van der Waals surface area contributed by atoms with E-state index in [1.165, 1.54) is 0 Å². The highest BCUT2D eigenvalue weighted by molar-refractivity contribution is 6.04. The van der Waals surface area contributed by atoms with Crippen LogP contribution in [0, 0.1) is 18.8 Å². The zero-order valence-electron chi connectivity index (χ0n) is 11.1. The minimum Gasteiger partial charge on any atom is -0.320 e. The highest BCUT2D eigenvalue weighted by Crippen LogP contribution is 2.11. The van der Waals surface area contributed by atoms with Crippen molar-refractivity contribution < 1.29 is 4.79 Å². The van der Waals surface area contributed by atoms with Gasteiger partial charge in [0.25, 0.3) is 5.91 Å². The Morgan fingerprint density at radius 1 is 1.40 bits per heavy atom. The first kappa shape index (κ1) is 13.7. The van der Waals surface area contributed by atoms with Crippen LogP contribution >= 0.6 is 0 Å². The van der Waals surface area contributed by atoms with Crippen molar-refractivity contribution in [3.8, 4) is 11.8 Å². The maximum atomic E-state index is 12.1. The largest absolute Gasteiger partial charge is 0.320 e. The Bertz CT molecular complexity index is 671. The molecule has 0 atom stereocenters. The van der Waals surface area contributed by atoms with Crippen molar-refractivity contribution in [3.63, 3.8) is 0 Å². The average Bonchev–Trinajstić information content (AvgIpc) is 2.45.